The van der Waals surface area contributed by atoms with Crippen LogP contribution in [0.25, 0.3) is 0 Å². The fourth-order valence-electron chi connectivity index (χ4n) is 4.28. The van der Waals surface area contributed by atoms with Crippen LogP contribution in [0.2, 0.25) is 0 Å². The maximum atomic E-state index is 12.7. The van der Waals surface area contributed by atoms with Gasteiger partial charge in [0, 0.05) is 23.2 Å². The summed E-state index contributed by atoms with van der Waals surface area (Å²) in [5, 5.41) is 5.43. The van der Waals surface area contributed by atoms with E-state index in [-0.39, 0.29) is 30.3 Å². The second kappa shape index (κ2) is 8.52. The number of methoxy groups -OCH3 is 1. The second-order valence-corrected chi connectivity index (χ2v) is 7.52. The lowest BCUT2D eigenvalue weighted by Gasteiger charge is -2.43. The van der Waals surface area contributed by atoms with Crippen LogP contribution in [0.4, 0.5) is 5.69 Å². The van der Waals surface area contributed by atoms with Crippen molar-refractivity contribution in [1.29, 1.82) is 0 Å². The van der Waals surface area contributed by atoms with Gasteiger partial charge in [-0.15, -0.1) is 0 Å². The molecule has 0 heterocycles. The summed E-state index contributed by atoms with van der Waals surface area (Å²) in [6.07, 6.45) is 5.18. The van der Waals surface area contributed by atoms with Crippen LogP contribution in [-0.2, 0) is 14.3 Å². The number of carbonyl (C=O) groups is 3. The molecule has 146 valence electrons. The average molecular weight is 373 g/mol. The minimum atomic E-state index is -0.510. The second-order valence-electron chi connectivity index (χ2n) is 7.52. The molecule has 0 spiro atoms. The molecule has 2 amide bonds. The lowest BCUT2D eigenvalue weighted by atomic mass is 9.65. The number of nitrogens with two attached hydrogens (primary N) is 1. The zero-order valence-electron chi connectivity index (χ0n) is 15.6. The van der Waals surface area contributed by atoms with E-state index in [4.69, 9.17) is 5.73 Å². The summed E-state index contributed by atoms with van der Waals surface area (Å²) in [5.41, 5.74) is 7.37. The van der Waals surface area contributed by atoms with E-state index in [1.807, 2.05) is 0 Å². The largest absolute Gasteiger partial charge is 0.468 e. The monoisotopic (exact) mass is 373 g/mol. The molecular formula is C20H27N3O4. The molecule has 3 rings (SSSR count). The molecule has 1 aromatic rings. The number of anilines is 1. The highest BCUT2D eigenvalue weighted by Gasteiger charge is 2.40. The van der Waals surface area contributed by atoms with E-state index in [0.717, 1.165) is 25.7 Å². The molecule has 27 heavy (non-hydrogen) atoms. The molecule has 2 fully saturated rings. The molecular weight excluding hydrogens is 346 g/mol. The third-order valence-corrected chi connectivity index (χ3v) is 5.82. The van der Waals surface area contributed by atoms with E-state index >= 15 is 0 Å². The van der Waals surface area contributed by atoms with Crippen molar-refractivity contribution in [3.8, 4) is 0 Å². The van der Waals surface area contributed by atoms with Crippen molar-refractivity contribution in [2.45, 2.75) is 38.1 Å². The number of fused-ring (bicyclic) bond motifs is 2. The fourth-order valence-corrected chi connectivity index (χ4v) is 4.28. The average Bonchev–Trinajstić information content (AvgIpc) is 2.66. The maximum absolute atomic E-state index is 12.7. The molecule has 7 nitrogen and oxygen atoms in total. The van der Waals surface area contributed by atoms with Crippen LogP contribution in [0.5, 0.6) is 0 Å². The van der Waals surface area contributed by atoms with Crippen molar-refractivity contribution >= 4 is 23.5 Å². The standard InChI is InChI=1S/C20H27N3O4/c1-27-17(24)11-22-19(25)12-5-7-16(8-6-12)23-20(26)15-9-13-3-2-4-14(10-15)18(13)21/h5-8,13-15,18H,2-4,9-11,21H2,1H3,(H,22,25)(H,23,26). The summed E-state index contributed by atoms with van der Waals surface area (Å²) in [6, 6.07) is 6.87. The Morgan fingerprint density at radius 3 is 2.33 bits per heavy atom. The molecule has 2 aliphatic rings. The van der Waals surface area contributed by atoms with Crippen LogP contribution < -0.4 is 16.4 Å². The lowest BCUT2D eigenvalue weighted by molar-refractivity contribution is -0.139. The minimum Gasteiger partial charge on any atom is -0.468 e. The summed E-state index contributed by atoms with van der Waals surface area (Å²) in [4.78, 5) is 35.7. The molecule has 2 unspecified atom stereocenters. The number of rotatable bonds is 5. The molecule has 2 saturated carbocycles. The Morgan fingerprint density at radius 1 is 1.11 bits per heavy atom. The molecule has 7 heteroatoms. The number of ether oxygens (including phenoxy) is 1. The van der Waals surface area contributed by atoms with Gasteiger partial charge in [-0.1, -0.05) is 6.42 Å². The molecule has 2 bridgehead atoms. The number of amides is 2. The van der Waals surface area contributed by atoms with Crippen LogP contribution >= 0.6 is 0 Å². The van der Waals surface area contributed by atoms with Gasteiger partial charge in [0.15, 0.2) is 0 Å². The highest BCUT2D eigenvalue weighted by Crippen LogP contribution is 2.42. The highest BCUT2D eigenvalue weighted by atomic mass is 16.5. The first kappa shape index (κ1) is 19.4. The van der Waals surface area contributed by atoms with Gasteiger partial charge in [0.05, 0.1) is 7.11 Å². The number of nitrogens with one attached hydrogen (secondary N) is 2. The van der Waals surface area contributed by atoms with Gasteiger partial charge in [0.2, 0.25) is 5.91 Å². The topological polar surface area (TPSA) is 111 Å². The van der Waals surface area contributed by atoms with Crippen LogP contribution in [0.3, 0.4) is 0 Å². The smallest absolute Gasteiger partial charge is 0.325 e. The third-order valence-electron chi connectivity index (χ3n) is 5.82. The SMILES string of the molecule is COC(=O)CNC(=O)c1ccc(NC(=O)C2CC3CCCC(C2)C3N)cc1. The Labute approximate surface area is 159 Å². The Hall–Kier alpha value is -2.41. The van der Waals surface area contributed by atoms with Gasteiger partial charge in [0.25, 0.3) is 5.91 Å². The van der Waals surface area contributed by atoms with Gasteiger partial charge < -0.3 is 21.1 Å². The number of carbonyl (C=O) groups excluding carboxylic acids is 3. The molecule has 0 aliphatic heterocycles. The van der Waals surface area contributed by atoms with E-state index in [1.165, 1.54) is 13.5 Å². The maximum Gasteiger partial charge on any atom is 0.325 e. The lowest BCUT2D eigenvalue weighted by Crippen LogP contribution is -2.48. The minimum absolute atomic E-state index is 0.00290. The van der Waals surface area contributed by atoms with E-state index in [2.05, 4.69) is 15.4 Å². The molecule has 0 saturated heterocycles. The van der Waals surface area contributed by atoms with Gasteiger partial charge in [-0.25, -0.2) is 0 Å². The van der Waals surface area contributed by atoms with Gasteiger partial charge in [-0.3, -0.25) is 14.4 Å². The van der Waals surface area contributed by atoms with Gasteiger partial charge in [-0.2, -0.15) is 0 Å². The van der Waals surface area contributed by atoms with Crippen molar-refractivity contribution in [2.24, 2.45) is 23.5 Å². The van der Waals surface area contributed by atoms with Crippen LogP contribution in [0.15, 0.2) is 24.3 Å². The molecule has 0 aromatic heterocycles. The van der Waals surface area contributed by atoms with Gasteiger partial charge in [-0.05, 0) is 61.8 Å². The zero-order valence-corrected chi connectivity index (χ0v) is 15.6. The van der Waals surface area contributed by atoms with E-state index < -0.39 is 5.97 Å². The molecule has 2 aliphatic carbocycles. The summed E-state index contributed by atoms with van der Waals surface area (Å²) in [7, 11) is 1.26. The normalized spacial score (nSPS) is 26.7. The van der Waals surface area contributed by atoms with Crippen LogP contribution in [0, 0.1) is 17.8 Å². The number of hydrogen-bond acceptors (Lipinski definition) is 5. The van der Waals surface area contributed by atoms with Gasteiger partial charge >= 0.3 is 5.97 Å². The first-order chi connectivity index (χ1) is 13.0. The predicted octanol–water partition coefficient (Wildman–Crippen LogP) is 1.68. The first-order valence-corrected chi connectivity index (χ1v) is 9.49. The van der Waals surface area contributed by atoms with Crippen LogP contribution in [-0.4, -0.2) is 37.5 Å². The molecule has 1 aromatic carbocycles. The number of hydrogen-bond donors (Lipinski definition) is 3. The summed E-state index contributed by atoms with van der Waals surface area (Å²) >= 11 is 0. The Balaban J connectivity index is 1.54. The Bertz CT molecular complexity index is 690. The van der Waals surface area contributed by atoms with Crippen molar-refractivity contribution in [3.05, 3.63) is 29.8 Å². The predicted molar refractivity (Wildman–Crippen MR) is 101 cm³/mol. The van der Waals surface area contributed by atoms with E-state index in [1.54, 1.807) is 24.3 Å². The first-order valence-electron chi connectivity index (χ1n) is 9.49. The van der Waals surface area contributed by atoms with Crippen LogP contribution in [0.1, 0.15) is 42.5 Å². The Morgan fingerprint density at radius 2 is 1.74 bits per heavy atom. The summed E-state index contributed by atoms with van der Waals surface area (Å²) in [6.45, 7) is -0.181. The zero-order chi connectivity index (χ0) is 19.4. The van der Waals surface area contributed by atoms with Crippen molar-refractivity contribution in [2.75, 3.05) is 19.0 Å². The van der Waals surface area contributed by atoms with Crippen molar-refractivity contribution in [3.63, 3.8) is 0 Å². The molecule has 4 N–H and O–H groups in total. The quantitative estimate of drug-likeness (QED) is 0.680. The summed E-state index contributed by atoms with van der Waals surface area (Å²) in [5.74, 6) is 0.0599. The van der Waals surface area contributed by atoms with Gasteiger partial charge in [0.1, 0.15) is 6.54 Å². The van der Waals surface area contributed by atoms with Crippen molar-refractivity contribution < 1.29 is 19.1 Å². The number of benzene rings is 1. The summed E-state index contributed by atoms with van der Waals surface area (Å²) < 4.78 is 4.48. The van der Waals surface area contributed by atoms with Crippen molar-refractivity contribution in [1.82, 2.24) is 5.32 Å². The molecule has 2 atom stereocenters. The third kappa shape index (κ3) is 4.66. The Kier molecular flexibility index (Phi) is 6.11. The fraction of sp³-hybridized carbons (Fsp3) is 0.550. The van der Waals surface area contributed by atoms with E-state index in [9.17, 15) is 14.4 Å². The molecule has 0 radical (unpaired) electrons. The number of esters is 1. The van der Waals surface area contributed by atoms with E-state index in [0.29, 0.717) is 23.1 Å². The highest BCUT2D eigenvalue weighted by molar-refractivity contribution is 5.97.